The fourth-order valence-corrected chi connectivity index (χ4v) is 3.75. The predicted molar refractivity (Wildman–Crippen MR) is 103 cm³/mol. The van der Waals surface area contributed by atoms with Crippen LogP contribution in [0, 0.1) is 6.92 Å². The number of rotatable bonds is 5. The molecule has 0 bridgehead atoms. The van der Waals surface area contributed by atoms with Gasteiger partial charge >= 0.3 is 0 Å². The van der Waals surface area contributed by atoms with Crippen molar-refractivity contribution in [1.29, 1.82) is 0 Å². The Labute approximate surface area is 157 Å². The number of carbonyl (C=O) groups excluding carboxylic acids is 1. The fourth-order valence-electron chi connectivity index (χ4n) is 2.48. The number of aromatic nitrogens is 3. The van der Waals surface area contributed by atoms with Gasteiger partial charge in [-0.1, -0.05) is 48.2 Å². The van der Waals surface area contributed by atoms with Crippen molar-refractivity contribution in [3.63, 3.8) is 0 Å². The quantitative estimate of drug-likeness (QED) is 0.516. The Hall–Kier alpha value is -2.71. The van der Waals surface area contributed by atoms with Gasteiger partial charge in [-0.15, -0.1) is 21.5 Å². The van der Waals surface area contributed by atoms with Crippen LogP contribution in [0.4, 0.5) is 5.13 Å². The summed E-state index contributed by atoms with van der Waals surface area (Å²) in [5.74, 6) is 0.463. The molecule has 2 aromatic carbocycles. The summed E-state index contributed by atoms with van der Waals surface area (Å²) in [6.45, 7) is 1.88. The molecule has 0 spiro atoms. The van der Waals surface area contributed by atoms with Crippen LogP contribution in [0.1, 0.15) is 5.69 Å². The monoisotopic (exact) mass is 382 g/mol. The highest BCUT2D eigenvalue weighted by atomic mass is 32.2. The third-order valence-corrected chi connectivity index (χ3v) is 5.31. The number of benzene rings is 2. The molecule has 0 saturated carbocycles. The second-order valence-electron chi connectivity index (χ2n) is 5.53. The molecule has 0 radical (unpaired) electrons. The summed E-state index contributed by atoms with van der Waals surface area (Å²) in [5.41, 5.74) is 1.76. The zero-order valence-electron chi connectivity index (χ0n) is 13.8. The number of hydrogen-bond donors (Lipinski definition) is 1. The second-order valence-corrected chi connectivity index (χ2v) is 7.32. The summed E-state index contributed by atoms with van der Waals surface area (Å²) in [6.07, 6.45) is 0. The molecule has 0 aliphatic heterocycles. The van der Waals surface area contributed by atoms with Crippen LogP contribution in [-0.2, 0) is 4.79 Å². The van der Waals surface area contributed by atoms with Crippen molar-refractivity contribution in [2.75, 3.05) is 11.1 Å². The van der Waals surface area contributed by atoms with E-state index in [1.165, 1.54) is 23.1 Å². The average molecular weight is 382 g/mol. The van der Waals surface area contributed by atoms with E-state index in [4.69, 9.17) is 4.42 Å². The van der Waals surface area contributed by atoms with E-state index in [1.54, 1.807) is 0 Å². The lowest BCUT2D eigenvalue weighted by atomic mass is 10.0. The Balaban J connectivity index is 1.45. The van der Waals surface area contributed by atoms with Crippen LogP contribution in [0.5, 0.6) is 0 Å². The predicted octanol–water partition coefficient (Wildman–Crippen LogP) is 4.39. The number of nitrogens with one attached hydrogen (secondary N) is 1. The Morgan fingerprint density at radius 2 is 2.04 bits per heavy atom. The summed E-state index contributed by atoms with van der Waals surface area (Å²) >= 11 is 2.60. The SMILES string of the molecule is Cc1csc(NC(=O)CSc2nnc(-c3cccc4ccccc34)o2)n1. The van der Waals surface area contributed by atoms with E-state index in [0.29, 0.717) is 16.2 Å². The first-order chi connectivity index (χ1) is 12.7. The summed E-state index contributed by atoms with van der Waals surface area (Å²) < 4.78 is 5.73. The van der Waals surface area contributed by atoms with Gasteiger partial charge < -0.3 is 9.73 Å². The topological polar surface area (TPSA) is 80.9 Å². The molecular weight excluding hydrogens is 368 g/mol. The first-order valence-electron chi connectivity index (χ1n) is 7.85. The van der Waals surface area contributed by atoms with Crippen molar-refractivity contribution in [2.24, 2.45) is 0 Å². The molecule has 1 amide bonds. The van der Waals surface area contributed by atoms with E-state index >= 15 is 0 Å². The third kappa shape index (κ3) is 3.61. The van der Waals surface area contributed by atoms with Gasteiger partial charge in [0.05, 0.1) is 11.4 Å². The molecule has 4 rings (SSSR count). The van der Waals surface area contributed by atoms with Crippen molar-refractivity contribution in [1.82, 2.24) is 15.2 Å². The van der Waals surface area contributed by atoms with Crippen LogP contribution in [0.25, 0.3) is 22.2 Å². The van der Waals surface area contributed by atoms with Crippen molar-refractivity contribution in [2.45, 2.75) is 12.1 Å². The maximum Gasteiger partial charge on any atom is 0.277 e. The minimum absolute atomic E-state index is 0.158. The Morgan fingerprint density at radius 3 is 2.88 bits per heavy atom. The molecule has 0 atom stereocenters. The standard InChI is InChI=1S/C18H14N4O2S2/c1-11-9-25-17(19-11)20-15(23)10-26-18-22-21-16(24-18)14-8-4-6-12-5-2-3-7-13(12)14/h2-9H,10H2,1H3,(H,19,20,23). The van der Waals surface area contributed by atoms with Crippen LogP contribution in [0.3, 0.4) is 0 Å². The maximum absolute atomic E-state index is 12.0. The minimum atomic E-state index is -0.158. The van der Waals surface area contributed by atoms with E-state index in [1.807, 2.05) is 54.8 Å². The molecule has 0 aliphatic carbocycles. The van der Waals surface area contributed by atoms with Gasteiger partial charge in [0.1, 0.15) is 0 Å². The lowest BCUT2D eigenvalue weighted by molar-refractivity contribution is -0.113. The molecule has 0 aliphatic rings. The van der Waals surface area contributed by atoms with Gasteiger partial charge in [0, 0.05) is 10.9 Å². The summed E-state index contributed by atoms with van der Waals surface area (Å²) in [5, 5.41) is 15.9. The number of aryl methyl sites for hydroxylation is 1. The lowest BCUT2D eigenvalue weighted by Gasteiger charge is -2.01. The molecule has 130 valence electrons. The number of thiazole rings is 1. The number of thioether (sulfide) groups is 1. The minimum Gasteiger partial charge on any atom is -0.411 e. The van der Waals surface area contributed by atoms with Crippen LogP contribution in [0.15, 0.2) is 57.5 Å². The van der Waals surface area contributed by atoms with Crippen molar-refractivity contribution >= 4 is 44.9 Å². The third-order valence-electron chi connectivity index (χ3n) is 3.62. The van der Waals surface area contributed by atoms with Crippen molar-refractivity contribution in [3.05, 3.63) is 53.5 Å². The zero-order chi connectivity index (χ0) is 17.9. The van der Waals surface area contributed by atoms with Gasteiger partial charge in [-0.3, -0.25) is 4.79 Å². The Bertz CT molecular complexity index is 1070. The molecule has 0 unspecified atom stereocenters. The van der Waals surface area contributed by atoms with Gasteiger partial charge in [-0.25, -0.2) is 4.98 Å². The molecule has 2 heterocycles. The van der Waals surface area contributed by atoms with Crippen LogP contribution in [-0.4, -0.2) is 26.8 Å². The molecular formula is C18H14N4O2S2. The molecule has 4 aromatic rings. The average Bonchev–Trinajstić information content (AvgIpc) is 3.28. The summed E-state index contributed by atoms with van der Waals surface area (Å²) in [6, 6.07) is 14.0. The molecule has 6 nitrogen and oxygen atoms in total. The first kappa shape index (κ1) is 16.7. The van der Waals surface area contributed by atoms with E-state index in [0.717, 1.165) is 22.0 Å². The summed E-state index contributed by atoms with van der Waals surface area (Å²) in [4.78, 5) is 16.2. The maximum atomic E-state index is 12.0. The molecule has 1 N–H and O–H groups in total. The Morgan fingerprint density at radius 1 is 1.19 bits per heavy atom. The van der Waals surface area contributed by atoms with Crippen LogP contribution < -0.4 is 5.32 Å². The highest BCUT2D eigenvalue weighted by Gasteiger charge is 2.14. The largest absolute Gasteiger partial charge is 0.411 e. The number of anilines is 1. The smallest absolute Gasteiger partial charge is 0.277 e. The highest BCUT2D eigenvalue weighted by molar-refractivity contribution is 7.99. The van der Waals surface area contributed by atoms with Gasteiger partial charge in [-0.05, 0) is 23.8 Å². The molecule has 0 fully saturated rings. The molecule has 0 saturated heterocycles. The number of carbonyl (C=O) groups is 1. The number of hydrogen-bond acceptors (Lipinski definition) is 7. The highest BCUT2D eigenvalue weighted by Crippen LogP contribution is 2.29. The normalized spacial score (nSPS) is 11.0. The van der Waals surface area contributed by atoms with Crippen LogP contribution >= 0.6 is 23.1 Å². The number of fused-ring (bicyclic) bond motifs is 1. The van der Waals surface area contributed by atoms with Gasteiger partial charge in [0.2, 0.25) is 11.8 Å². The van der Waals surface area contributed by atoms with E-state index in [2.05, 4.69) is 20.5 Å². The second kappa shape index (κ2) is 7.27. The van der Waals surface area contributed by atoms with E-state index in [-0.39, 0.29) is 11.7 Å². The molecule has 2 aromatic heterocycles. The zero-order valence-corrected chi connectivity index (χ0v) is 15.4. The molecule has 8 heteroatoms. The number of nitrogens with zero attached hydrogens (tertiary/aromatic N) is 3. The fraction of sp³-hybridized carbons (Fsp3) is 0.111. The number of amides is 1. The lowest BCUT2D eigenvalue weighted by Crippen LogP contribution is -2.13. The van der Waals surface area contributed by atoms with Gasteiger partial charge in [-0.2, -0.15) is 0 Å². The Kier molecular flexibility index (Phi) is 4.68. The van der Waals surface area contributed by atoms with E-state index < -0.39 is 0 Å². The van der Waals surface area contributed by atoms with Crippen molar-refractivity contribution in [3.8, 4) is 11.5 Å². The van der Waals surface area contributed by atoms with Gasteiger partial charge in [0.15, 0.2) is 5.13 Å². The summed E-state index contributed by atoms with van der Waals surface area (Å²) in [7, 11) is 0. The van der Waals surface area contributed by atoms with Crippen molar-refractivity contribution < 1.29 is 9.21 Å². The first-order valence-corrected chi connectivity index (χ1v) is 9.72. The van der Waals surface area contributed by atoms with Crippen LogP contribution in [0.2, 0.25) is 0 Å². The molecule has 26 heavy (non-hydrogen) atoms. The van der Waals surface area contributed by atoms with Gasteiger partial charge in [0.25, 0.3) is 5.22 Å². The van der Waals surface area contributed by atoms with E-state index in [9.17, 15) is 4.79 Å².